The monoisotopic (exact) mass is 350 g/mol. The van der Waals surface area contributed by atoms with Gasteiger partial charge in [0.25, 0.3) is 5.79 Å². The number of carbonyl (C=O) groups is 1. The van der Waals surface area contributed by atoms with Crippen molar-refractivity contribution in [2.24, 2.45) is 0 Å². The fourth-order valence-corrected chi connectivity index (χ4v) is 3.34. The fourth-order valence-electron chi connectivity index (χ4n) is 3.34. The first-order valence-corrected chi connectivity index (χ1v) is 8.34. The van der Waals surface area contributed by atoms with Crippen molar-refractivity contribution >= 4 is 5.97 Å². The van der Waals surface area contributed by atoms with Gasteiger partial charge in [-0.05, 0) is 18.1 Å². The maximum atomic E-state index is 12.6. The van der Waals surface area contributed by atoms with E-state index < -0.39 is 11.8 Å². The van der Waals surface area contributed by atoms with E-state index in [1.165, 1.54) is 6.26 Å². The van der Waals surface area contributed by atoms with E-state index in [1.54, 1.807) is 12.1 Å². The average Bonchev–Trinajstić information content (AvgIpc) is 3.24. The Kier molecular flexibility index (Phi) is 4.01. The van der Waals surface area contributed by atoms with Crippen molar-refractivity contribution in [3.05, 3.63) is 94.5 Å². The summed E-state index contributed by atoms with van der Waals surface area (Å²) < 4.78 is 16.0. The van der Waals surface area contributed by atoms with Crippen LogP contribution in [-0.2, 0) is 31.2 Å². The van der Waals surface area contributed by atoms with Crippen LogP contribution in [0.25, 0.3) is 0 Å². The summed E-state index contributed by atoms with van der Waals surface area (Å²) in [6.07, 6.45) is 1.72. The molecule has 0 amide bonds. The molecule has 4 rings (SSSR count). The van der Waals surface area contributed by atoms with Crippen LogP contribution in [0.15, 0.2) is 77.8 Å². The number of ether oxygens (including phenoxy) is 3. The first kappa shape index (κ1) is 16.4. The molecule has 1 atom stereocenters. The molecular formula is C21H18O5. The molecule has 2 aromatic carbocycles. The van der Waals surface area contributed by atoms with Crippen LogP contribution in [0, 0.1) is 6.92 Å². The van der Waals surface area contributed by atoms with Gasteiger partial charge in [-0.25, -0.2) is 4.79 Å². The molecule has 0 spiro atoms. The molecule has 0 saturated heterocycles. The number of aryl methyl sites for hydroxylation is 1. The molecule has 2 aliphatic rings. The highest BCUT2D eigenvalue weighted by Crippen LogP contribution is 2.44. The smallest absolute Gasteiger partial charge is 0.345 e. The maximum Gasteiger partial charge on any atom is 0.345 e. The second kappa shape index (κ2) is 6.35. The van der Waals surface area contributed by atoms with Gasteiger partial charge in [0, 0.05) is 17.6 Å². The summed E-state index contributed by atoms with van der Waals surface area (Å²) in [5, 5.41) is 11.4. The summed E-state index contributed by atoms with van der Waals surface area (Å²) in [6.45, 7) is 1.90. The van der Waals surface area contributed by atoms with Crippen molar-refractivity contribution in [2.45, 2.75) is 19.1 Å². The van der Waals surface area contributed by atoms with Gasteiger partial charge in [0.05, 0.1) is 0 Å². The molecule has 5 heteroatoms. The molecule has 1 N–H and O–H groups in total. The molecule has 2 aromatic rings. The highest BCUT2D eigenvalue weighted by Gasteiger charge is 2.50. The highest BCUT2D eigenvalue weighted by atomic mass is 16.7. The van der Waals surface area contributed by atoms with Crippen LogP contribution >= 0.6 is 0 Å². The standard InChI is InChI=1S/C21H18O5/c1-14-7-5-6-10-16(14)21(23)17(11-15-8-3-2-4-9-15)19(20(22)26-21)18-12-24-13-25-18/h2-10,12,23H,11,13H2,1H3. The lowest BCUT2D eigenvalue weighted by Crippen LogP contribution is -2.30. The van der Waals surface area contributed by atoms with E-state index in [9.17, 15) is 9.90 Å². The van der Waals surface area contributed by atoms with Crippen molar-refractivity contribution in [3.8, 4) is 0 Å². The van der Waals surface area contributed by atoms with E-state index in [-0.39, 0.29) is 18.1 Å². The number of hydrogen-bond donors (Lipinski definition) is 1. The van der Waals surface area contributed by atoms with E-state index in [0.29, 0.717) is 17.6 Å². The lowest BCUT2D eigenvalue weighted by atomic mass is 9.88. The molecule has 26 heavy (non-hydrogen) atoms. The van der Waals surface area contributed by atoms with E-state index in [4.69, 9.17) is 14.2 Å². The van der Waals surface area contributed by atoms with E-state index in [1.807, 2.05) is 49.4 Å². The van der Waals surface area contributed by atoms with Gasteiger partial charge in [0.2, 0.25) is 6.79 Å². The van der Waals surface area contributed by atoms with Crippen LogP contribution in [0.1, 0.15) is 16.7 Å². The summed E-state index contributed by atoms with van der Waals surface area (Å²) >= 11 is 0. The summed E-state index contributed by atoms with van der Waals surface area (Å²) in [5.74, 6) is -2.19. The van der Waals surface area contributed by atoms with Gasteiger partial charge in [-0.1, -0.05) is 54.6 Å². The van der Waals surface area contributed by atoms with Crippen molar-refractivity contribution < 1.29 is 24.1 Å². The quantitative estimate of drug-likeness (QED) is 0.859. The van der Waals surface area contributed by atoms with Crippen molar-refractivity contribution in [2.75, 3.05) is 6.79 Å². The average molecular weight is 350 g/mol. The predicted octanol–water partition coefficient (Wildman–Crippen LogP) is 3.08. The molecule has 0 radical (unpaired) electrons. The first-order valence-electron chi connectivity index (χ1n) is 8.34. The Balaban J connectivity index is 1.88. The van der Waals surface area contributed by atoms with Crippen molar-refractivity contribution in [3.63, 3.8) is 0 Å². The zero-order valence-electron chi connectivity index (χ0n) is 14.3. The summed E-state index contributed by atoms with van der Waals surface area (Å²) in [6, 6.07) is 16.9. The number of carbonyl (C=O) groups excluding carboxylic acids is 1. The topological polar surface area (TPSA) is 65.0 Å². The Morgan fingerprint density at radius 3 is 2.50 bits per heavy atom. The molecular weight excluding hydrogens is 332 g/mol. The van der Waals surface area contributed by atoms with Crippen LogP contribution < -0.4 is 0 Å². The number of rotatable bonds is 4. The lowest BCUT2D eigenvalue weighted by molar-refractivity contribution is -0.186. The van der Waals surface area contributed by atoms with Crippen LogP contribution in [0.2, 0.25) is 0 Å². The van der Waals surface area contributed by atoms with Gasteiger partial charge in [0.15, 0.2) is 5.76 Å². The number of esters is 1. The van der Waals surface area contributed by atoms with Crippen molar-refractivity contribution in [1.82, 2.24) is 0 Å². The number of aliphatic hydroxyl groups is 1. The Bertz CT molecular complexity index is 913. The molecule has 0 saturated carbocycles. The Morgan fingerprint density at radius 1 is 1.08 bits per heavy atom. The highest BCUT2D eigenvalue weighted by molar-refractivity contribution is 5.97. The number of hydrogen-bond acceptors (Lipinski definition) is 5. The number of cyclic esters (lactones) is 1. The summed E-state index contributed by atoms with van der Waals surface area (Å²) in [7, 11) is 0. The normalized spacial score (nSPS) is 21.9. The van der Waals surface area contributed by atoms with Gasteiger partial charge >= 0.3 is 5.97 Å². The van der Waals surface area contributed by atoms with Crippen LogP contribution in [0.4, 0.5) is 0 Å². The van der Waals surface area contributed by atoms with Crippen LogP contribution in [-0.4, -0.2) is 17.9 Å². The Labute approximate surface area is 151 Å². The largest absolute Gasteiger partial charge is 0.461 e. The Morgan fingerprint density at radius 2 is 1.81 bits per heavy atom. The van der Waals surface area contributed by atoms with Crippen LogP contribution in [0.5, 0.6) is 0 Å². The summed E-state index contributed by atoms with van der Waals surface area (Å²) in [5.41, 5.74) is 2.97. The lowest BCUT2D eigenvalue weighted by Gasteiger charge is -2.27. The van der Waals surface area contributed by atoms with E-state index in [0.717, 1.165) is 11.1 Å². The molecule has 2 aliphatic heterocycles. The minimum Gasteiger partial charge on any atom is -0.461 e. The van der Waals surface area contributed by atoms with E-state index in [2.05, 4.69) is 0 Å². The van der Waals surface area contributed by atoms with Crippen LogP contribution in [0.3, 0.4) is 0 Å². The maximum absolute atomic E-state index is 12.6. The van der Waals surface area contributed by atoms with Gasteiger partial charge < -0.3 is 19.3 Å². The molecule has 1 unspecified atom stereocenters. The van der Waals surface area contributed by atoms with E-state index >= 15 is 0 Å². The minimum atomic E-state index is -1.85. The predicted molar refractivity (Wildman–Crippen MR) is 93.5 cm³/mol. The molecule has 0 fully saturated rings. The molecule has 0 bridgehead atoms. The Hall–Kier alpha value is -3.05. The second-order valence-electron chi connectivity index (χ2n) is 6.28. The molecule has 132 valence electrons. The zero-order chi connectivity index (χ0) is 18.1. The fraction of sp³-hybridized carbons (Fsp3) is 0.190. The van der Waals surface area contributed by atoms with Gasteiger partial charge in [-0.15, -0.1) is 0 Å². The third-order valence-corrected chi connectivity index (χ3v) is 4.61. The van der Waals surface area contributed by atoms with Gasteiger partial charge in [0.1, 0.15) is 11.8 Å². The number of benzene rings is 2. The molecule has 0 aliphatic carbocycles. The first-order chi connectivity index (χ1) is 12.6. The molecule has 0 aromatic heterocycles. The second-order valence-corrected chi connectivity index (χ2v) is 6.28. The molecule has 2 heterocycles. The zero-order valence-corrected chi connectivity index (χ0v) is 14.3. The SMILES string of the molecule is Cc1ccccc1C1(O)OC(=O)C(C2=COCO2)=C1Cc1ccccc1. The third-order valence-electron chi connectivity index (χ3n) is 4.61. The minimum absolute atomic E-state index is 0.0352. The third kappa shape index (κ3) is 2.66. The van der Waals surface area contributed by atoms with Crippen molar-refractivity contribution in [1.29, 1.82) is 0 Å². The van der Waals surface area contributed by atoms with Gasteiger partial charge in [-0.3, -0.25) is 0 Å². The molecule has 5 nitrogen and oxygen atoms in total. The van der Waals surface area contributed by atoms with Gasteiger partial charge in [-0.2, -0.15) is 0 Å². The summed E-state index contributed by atoms with van der Waals surface area (Å²) in [4.78, 5) is 12.6.